The van der Waals surface area contributed by atoms with Gasteiger partial charge in [-0.1, -0.05) is 72.3 Å². The second-order valence-electron chi connectivity index (χ2n) is 9.07. The number of phenolic OH excluding ortho intramolecular Hbond substituents is 5. The molecule has 0 unspecified atom stereocenters. The van der Waals surface area contributed by atoms with E-state index in [-0.39, 0.29) is 33.9 Å². The van der Waals surface area contributed by atoms with Gasteiger partial charge < -0.3 is 25.5 Å². The number of benzene rings is 5. The molecule has 5 aromatic rings. The molecule has 6 rings (SSSR count). The van der Waals surface area contributed by atoms with Crippen molar-refractivity contribution in [2.24, 2.45) is 0 Å². The summed E-state index contributed by atoms with van der Waals surface area (Å²) in [7, 11) is 0. The quantitative estimate of drug-likeness (QED) is 0.126. The number of hydrogen-bond donors (Lipinski definition) is 5. The molecular formula is C31H21ClO5. The number of hydrogen-bond acceptors (Lipinski definition) is 5. The molecule has 0 spiro atoms. The minimum atomic E-state index is -0.529. The Balaban J connectivity index is 1.61. The SMILES string of the molecule is Oc1c(Cl)cc2c(c1O)-c1c(O)c(O)c(-c3cc(-c4ccccc4)cc(-c4ccccc4)c3)c(O)c1C2. The molecule has 1 aliphatic carbocycles. The number of fused-ring (bicyclic) bond motifs is 3. The lowest BCUT2D eigenvalue weighted by atomic mass is 9.90. The van der Waals surface area contributed by atoms with Crippen LogP contribution in [0.5, 0.6) is 28.7 Å². The molecule has 0 atom stereocenters. The van der Waals surface area contributed by atoms with Crippen LogP contribution in [0.15, 0.2) is 84.9 Å². The zero-order valence-corrected chi connectivity index (χ0v) is 20.2. The van der Waals surface area contributed by atoms with E-state index in [1.165, 1.54) is 6.07 Å². The average Bonchev–Trinajstić information content (AvgIpc) is 3.31. The molecule has 0 heterocycles. The lowest BCUT2D eigenvalue weighted by Crippen LogP contribution is -1.91. The van der Waals surface area contributed by atoms with Crippen molar-refractivity contribution in [2.75, 3.05) is 0 Å². The van der Waals surface area contributed by atoms with Gasteiger partial charge in [0.1, 0.15) is 5.75 Å². The van der Waals surface area contributed by atoms with Crippen LogP contribution in [-0.4, -0.2) is 25.5 Å². The Morgan fingerprint density at radius 2 is 0.946 bits per heavy atom. The molecule has 6 heteroatoms. The van der Waals surface area contributed by atoms with Gasteiger partial charge in [0.15, 0.2) is 23.0 Å². The first-order valence-electron chi connectivity index (χ1n) is 11.6. The third-order valence-corrected chi connectivity index (χ3v) is 7.17. The van der Waals surface area contributed by atoms with E-state index >= 15 is 0 Å². The second-order valence-corrected chi connectivity index (χ2v) is 9.48. The molecule has 0 bridgehead atoms. The predicted molar refractivity (Wildman–Crippen MR) is 144 cm³/mol. The van der Waals surface area contributed by atoms with E-state index in [0.29, 0.717) is 16.7 Å². The van der Waals surface area contributed by atoms with Crippen molar-refractivity contribution in [3.05, 3.63) is 101 Å². The van der Waals surface area contributed by atoms with Crippen LogP contribution < -0.4 is 0 Å². The molecule has 5 aromatic carbocycles. The van der Waals surface area contributed by atoms with Gasteiger partial charge in [0.2, 0.25) is 0 Å². The van der Waals surface area contributed by atoms with Gasteiger partial charge in [-0.3, -0.25) is 0 Å². The smallest absolute Gasteiger partial charge is 0.177 e. The van der Waals surface area contributed by atoms with Crippen LogP contribution in [0.3, 0.4) is 0 Å². The molecule has 0 saturated carbocycles. The maximum absolute atomic E-state index is 11.4. The summed E-state index contributed by atoms with van der Waals surface area (Å²) >= 11 is 6.05. The fraction of sp³-hybridized carbons (Fsp3) is 0.0323. The first-order valence-corrected chi connectivity index (χ1v) is 12.0. The first kappa shape index (κ1) is 22.8. The normalized spacial score (nSPS) is 11.8. The second kappa shape index (κ2) is 8.50. The summed E-state index contributed by atoms with van der Waals surface area (Å²) in [6.45, 7) is 0. The van der Waals surface area contributed by atoms with Crippen LogP contribution in [-0.2, 0) is 6.42 Å². The Labute approximate surface area is 217 Å². The molecule has 0 saturated heterocycles. The topological polar surface area (TPSA) is 101 Å². The highest BCUT2D eigenvalue weighted by molar-refractivity contribution is 6.32. The minimum Gasteiger partial charge on any atom is -0.507 e. The summed E-state index contributed by atoms with van der Waals surface area (Å²) in [6, 6.07) is 26.7. The van der Waals surface area contributed by atoms with E-state index in [9.17, 15) is 25.5 Å². The summed E-state index contributed by atoms with van der Waals surface area (Å²) < 4.78 is 0. The monoisotopic (exact) mass is 508 g/mol. The molecule has 0 aromatic heterocycles. The average molecular weight is 509 g/mol. The largest absolute Gasteiger partial charge is 0.507 e. The lowest BCUT2D eigenvalue weighted by molar-refractivity contribution is 0.397. The van der Waals surface area contributed by atoms with Crippen LogP contribution >= 0.6 is 11.6 Å². The number of aromatic hydroxyl groups is 5. The summed E-state index contributed by atoms with van der Waals surface area (Å²) in [6.07, 6.45) is 0.148. The molecule has 182 valence electrons. The van der Waals surface area contributed by atoms with E-state index in [4.69, 9.17) is 11.6 Å². The predicted octanol–water partition coefficient (Wildman–Crippen LogP) is 7.44. The third kappa shape index (κ3) is 3.55. The molecule has 0 radical (unpaired) electrons. The van der Waals surface area contributed by atoms with Gasteiger partial charge in [0.25, 0.3) is 0 Å². The fourth-order valence-electron chi connectivity index (χ4n) is 5.13. The Kier molecular flexibility index (Phi) is 5.25. The highest BCUT2D eigenvalue weighted by Crippen LogP contribution is 2.59. The summed E-state index contributed by atoms with van der Waals surface area (Å²) in [5, 5.41) is 54.4. The van der Waals surface area contributed by atoms with E-state index in [2.05, 4.69) is 0 Å². The van der Waals surface area contributed by atoms with Crippen LogP contribution in [0, 0.1) is 0 Å². The minimum absolute atomic E-state index is 0.0458. The van der Waals surface area contributed by atoms with Gasteiger partial charge in [-0.05, 0) is 57.6 Å². The van der Waals surface area contributed by atoms with Crippen molar-refractivity contribution in [3.8, 4) is 73.3 Å². The third-order valence-electron chi connectivity index (χ3n) is 6.88. The summed E-state index contributed by atoms with van der Waals surface area (Å²) in [5.74, 6) is -2.29. The molecule has 5 nitrogen and oxygen atoms in total. The zero-order chi connectivity index (χ0) is 25.8. The van der Waals surface area contributed by atoms with Crippen molar-refractivity contribution < 1.29 is 25.5 Å². The molecule has 0 amide bonds. The Morgan fingerprint density at radius 1 is 0.459 bits per heavy atom. The molecule has 0 aliphatic heterocycles. The summed E-state index contributed by atoms with van der Waals surface area (Å²) in [4.78, 5) is 0. The van der Waals surface area contributed by atoms with Gasteiger partial charge >= 0.3 is 0 Å². The first-order chi connectivity index (χ1) is 17.8. The maximum Gasteiger partial charge on any atom is 0.177 e. The number of rotatable bonds is 3. The van der Waals surface area contributed by atoms with Crippen LogP contribution in [0.25, 0.3) is 44.5 Å². The number of halogens is 1. The highest BCUT2D eigenvalue weighted by Gasteiger charge is 2.34. The van der Waals surface area contributed by atoms with Crippen molar-refractivity contribution in [2.45, 2.75) is 6.42 Å². The standard InChI is InChI=1S/C31H21ClO5/c32-23-15-21-14-22-26(24(21)29(35)28(23)34)31(37)30(36)25(27(22)33)20-12-18(16-7-3-1-4-8-16)11-19(13-20)17-9-5-2-6-10-17/h1-13,15,33-37H,14H2. The fourth-order valence-corrected chi connectivity index (χ4v) is 5.35. The van der Waals surface area contributed by atoms with Gasteiger partial charge in [0, 0.05) is 23.1 Å². The number of phenols is 5. The van der Waals surface area contributed by atoms with E-state index in [1.54, 1.807) is 0 Å². The van der Waals surface area contributed by atoms with Crippen LogP contribution in [0.1, 0.15) is 11.1 Å². The zero-order valence-electron chi connectivity index (χ0n) is 19.4. The van der Waals surface area contributed by atoms with E-state index in [1.807, 2.05) is 78.9 Å². The molecule has 0 fully saturated rings. The molecular weight excluding hydrogens is 488 g/mol. The van der Waals surface area contributed by atoms with E-state index in [0.717, 1.165) is 22.3 Å². The lowest BCUT2D eigenvalue weighted by Gasteiger charge is -2.17. The molecule has 37 heavy (non-hydrogen) atoms. The molecule has 5 N–H and O–H groups in total. The van der Waals surface area contributed by atoms with Crippen molar-refractivity contribution in [1.29, 1.82) is 0 Å². The van der Waals surface area contributed by atoms with Crippen molar-refractivity contribution >= 4 is 11.6 Å². The van der Waals surface area contributed by atoms with Gasteiger partial charge in [-0.25, -0.2) is 0 Å². The summed E-state index contributed by atoms with van der Waals surface area (Å²) in [5.41, 5.74) is 5.27. The Morgan fingerprint density at radius 3 is 1.51 bits per heavy atom. The van der Waals surface area contributed by atoms with E-state index < -0.39 is 23.0 Å². The Bertz CT molecular complexity index is 1640. The van der Waals surface area contributed by atoms with Gasteiger partial charge in [0.05, 0.1) is 10.6 Å². The van der Waals surface area contributed by atoms with Crippen LogP contribution in [0.2, 0.25) is 5.02 Å². The highest BCUT2D eigenvalue weighted by atomic mass is 35.5. The van der Waals surface area contributed by atoms with Gasteiger partial charge in [-0.15, -0.1) is 0 Å². The van der Waals surface area contributed by atoms with Gasteiger partial charge in [-0.2, -0.15) is 0 Å². The Hall–Kier alpha value is -4.61. The maximum atomic E-state index is 11.4. The molecule has 1 aliphatic rings. The van der Waals surface area contributed by atoms with Crippen molar-refractivity contribution in [3.63, 3.8) is 0 Å². The van der Waals surface area contributed by atoms with Crippen LogP contribution in [0.4, 0.5) is 0 Å². The van der Waals surface area contributed by atoms with Crippen molar-refractivity contribution in [1.82, 2.24) is 0 Å².